The van der Waals surface area contributed by atoms with Crippen LogP contribution in [0.5, 0.6) is 0 Å². The van der Waals surface area contributed by atoms with Crippen LogP contribution < -0.4 is 0 Å². The molecular formula is C15H22O3S. The minimum absolute atomic E-state index is 0.0827. The highest BCUT2D eigenvalue weighted by Gasteiger charge is 2.14. The largest absolute Gasteiger partial charge is 0.294 e. The fraction of sp³-hybridized carbons (Fsp3) is 0.533. The molecule has 0 aromatic heterocycles. The summed E-state index contributed by atoms with van der Waals surface area (Å²) in [5, 5.41) is 0. The predicted octanol–water partition coefficient (Wildman–Crippen LogP) is 3.63. The molecule has 106 valence electrons. The lowest BCUT2D eigenvalue weighted by molar-refractivity contribution is 0.0979. The third kappa shape index (κ3) is 4.78. The van der Waals surface area contributed by atoms with Crippen LogP contribution in [0, 0.1) is 0 Å². The topological polar surface area (TPSA) is 51.2 Å². The van der Waals surface area contributed by atoms with E-state index in [1.54, 1.807) is 24.3 Å². The highest BCUT2D eigenvalue weighted by Crippen LogP contribution is 2.15. The van der Waals surface area contributed by atoms with Crippen LogP contribution in [0.25, 0.3) is 0 Å². The summed E-state index contributed by atoms with van der Waals surface area (Å²) >= 11 is 0. The molecule has 0 saturated carbocycles. The van der Waals surface area contributed by atoms with E-state index >= 15 is 0 Å². The first-order valence-electron chi connectivity index (χ1n) is 6.87. The SMILES string of the molecule is CCCCC(=O)c1ccc(S(=O)(=O)CCCC)cc1. The number of rotatable bonds is 8. The fourth-order valence-corrected chi connectivity index (χ4v) is 3.24. The monoisotopic (exact) mass is 282 g/mol. The third-order valence-electron chi connectivity index (χ3n) is 3.06. The molecule has 1 rings (SSSR count). The van der Waals surface area contributed by atoms with Crippen LogP contribution >= 0.6 is 0 Å². The summed E-state index contributed by atoms with van der Waals surface area (Å²) in [6.07, 6.45) is 3.90. The Morgan fingerprint density at radius 3 is 2.11 bits per heavy atom. The summed E-state index contributed by atoms with van der Waals surface area (Å²) in [6, 6.07) is 6.34. The molecule has 0 spiro atoms. The van der Waals surface area contributed by atoms with Crippen molar-refractivity contribution in [3.8, 4) is 0 Å². The Labute approximate surface area is 116 Å². The summed E-state index contributed by atoms with van der Waals surface area (Å²) in [5.74, 6) is 0.256. The molecule has 0 fully saturated rings. The van der Waals surface area contributed by atoms with Gasteiger partial charge in [0.05, 0.1) is 10.6 Å². The maximum absolute atomic E-state index is 12.0. The van der Waals surface area contributed by atoms with Crippen molar-refractivity contribution < 1.29 is 13.2 Å². The lowest BCUT2D eigenvalue weighted by Gasteiger charge is -2.05. The summed E-state index contributed by atoms with van der Waals surface area (Å²) in [5.41, 5.74) is 0.600. The average molecular weight is 282 g/mol. The van der Waals surface area contributed by atoms with Gasteiger partial charge in [0.2, 0.25) is 0 Å². The molecule has 0 saturated heterocycles. The molecule has 3 nitrogen and oxygen atoms in total. The Morgan fingerprint density at radius 1 is 1.00 bits per heavy atom. The Balaban J connectivity index is 2.79. The van der Waals surface area contributed by atoms with Crippen LogP contribution in [0.3, 0.4) is 0 Å². The van der Waals surface area contributed by atoms with E-state index in [9.17, 15) is 13.2 Å². The number of sulfone groups is 1. The quantitative estimate of drug-likeness (QED) is 0.684. The number of carbonyl (C=O) groups excluding carboxylic acids is 1. The highest BCUT2D eigenvalue weighted by molar-refractivity contribution is 7.91. The minimum atomic E-state index is -3.19. The van der Waals surface area contributed by atoms with Gasteiger partial charge >= 0.3 is 0 Å². The van der Waals surface area contributed by atoms with Crippen LogP contribution in [0.15, 0.2) is 29.2 Å². The Morgan fingerprint density at radius 2 is 1.58 bits per heavy atom. The second-order valence-electron chi connectivity index (χ2n) is 4.72. The van der Waals surface area contributed by atoms with Gasteiger partial charge in [-0.25, -0.2) is 8.42 Å². The van der Waals surface area contributed by atoms with Crippen molar-refractivity contribution in [2.75, 3.05) is 5.75 Å². The Hall–Kier alpha value is -1.16. The Kier molecular flexibility index (Phi) is 6.22. The summed E-state index contributed by atoms with van der Waals surface area (Å²) in [7, 11) is -3.19. The second kappa shape index (κ2) is 7.43. The standard InChI is InChI=1S/C15H22O3S/c1-3-5-7-15(16)13-8-10-14(11-9-13)19(17,18)12-6-4-2/h8-11H,3-7,12H2,1-2H3. The average Bonchev–Trinajstić information content (AvgIpc) is 2.42. The van der Waals surface area contributed by atoms with Crippen LogP contribution in [-0.2, 0) is 9.84 Å². The number of benzene rings is 1. The van der Waals surface area contributed by atoms with E-state index < -0.39 is 9.84 Å². The lowest BCUT2D eigenvalue weighted by atomic mass is 10.1. The van der Waals surface area contributed by atoms with Gasteiger partial charge in [-0.2, -0.15) is 0 Å². The maximum Gasteiger partial charge on any atom is 0.178 e. The van der Waals surface area contributed by atoms with Crippen molar-refractivity contribution in [2.45, 2.75) is 50.8 Å². The van der Waals surface area contributed by atoms with Crippen LogP contribution in [-0.4, -0.2) is 20.0 Å². The van der Waals surface area contributed by atoms with Crippen molar-refractivity contribution in [3.63, 3.8) is 0 Å². The van der Waals surface area contributed by atoms with Crippen molar-refractivity contribution >= 4 is 15.6 Å². The first kappa shape index (κ1) is 15.9. The van der Waals surface area contributed by atoms with E-state index in [4.69, 9.17) is 0 Å². The first-order valence-corrected chi connectivity index (χ1v) is 8.52. The predicted molar refractivity (Wildman–Crippen MR) is 77.3 cm³/mol. The summed E-state index contributed by atoms with van der Waals surface area (Å²) in [4.78, 5) is 12.1. The zero-order valence-electron chi connectivity index (χ0n) is 11.7. The molecule has 0 atom stereocenters. The minimum Gasteiger partial charge on any atom is -0.294 e. The Bertz CT molecular complexity index is 501. The van der Waals surface area contributed by atoms with Gasteiger partial charge in [-0.3, -0.25) is 4.79 Å². The zero-order chi connectivity index (χ0) is 14.3. The number of carbonyl (C=O) groups is 1. The first-order chi connectivity index (χ1) is 9.01. The van der Waals surface area contributed by atoms with Crippen LogP contribution in [0.1, 0.15) is 56.3 Å². The molecule has 19 heavy (non-hydrogen) atoms. The molecular weight excluding hydrogens is 260 g/mol. The molecule has 4 heteroatoms. The molecule has 0 radical (unpaired) electrons. The van der Waals surface area contributed by atoms with Gasteiger partial charge in [0.15, 0.2) is 15.6 Å². The number of hydrogen-bond acceptors (Lipinski definition) is 3. The van der Waals surface area contributed by atoms with Gasteiger partial charge in [-0.1, -0.05) is 38.8 Å². The van der Waals surface area contributed by atoms with Crippen molar-refractivity contribution in [1.29, 1.82) is 0 Å². The molecule has 0 N–H and O–H groups in total. The summed E-state index contributed by atoms with van der Waals surface area (Å²) in [6.45, 7) is 4.00. The van der Waals surface area contributed by atoms with Gasteiger partial charge in [0, 0.05) is 12.0 Å². The van der Waals surface area contributed by atoms with Crippen molar-refractivity contribution in [2.24, 2.45) is 0 Å². The van der Waals surface area contributed by atoms with Gasteiger partial charge in [0.1, 0.15) is 0 Å². The van der Waals surface area contributed by atoms with E-state index in [0.717, 1.165) is 19.3 Å². The van der Waals surface area contributed by atoms with Gasteiger partial charge in [-0.15, -0.1) is 0 Å². The molecule has 1 aromatic carbocycles. The number of unbranched alkanes of at least 4 members (excludes halogenated alkanes) is 2. The second-order valence-corrected chi connectivity index (χ2v) is 6.83. The molecule has 0 aliphatic carbocycles. The number of Topliss-reactive ketones (excluding diaryl/α,β-unsaturated/α-hetero) is 1. The molecule has 0 bridgehead atoms. The fourth-order valence-electron chi connectivity index (χ4n) is 1.78. The van der Waals surface area contributed by atoms with E-state index in [2.05, 4.69) is 0 Å². The third-order valence-corrected chi connectivity index (χ3v) is 4.88. The smallest absolute Gasteiger partial charge is 0.178 e. The molecule has 0 aliphatic heterocycles. The summed E-state index contributed by atoms with van der Waals surface area (Å²) < 4.78 is 23.9. The lowest BCUT2D eigenvalue weighted by Crippen LogP contribution is -2.07. The van der Waals surface area contributed by atoms with E-state index in [1.807, 2.05) is 13.8 Å². The molecule has 0 unspecified atom stereocenters. The molecule has 1 aromatic rings. The number of hydrogen-bond donors (Lipinski definition) is 0. The maximum atomic E-state index is 12.0. The van der Waals surface area contributed by atoms with Gasteiger partial charge in [0.25, 0.3) is 0 Å². The number of ketones is 1. The zero-order valence-corrected chi connectivity index (χ0v) is 12.5. The van der Waals surface area contributed by atoms with Gasteiger partial charge in [-0.05, 0) is 25.0 Å². The van der Waals surface area contributed by atoms with Crippen molar-refractivity contribution in [3.05, 3.63) is 29.8 Å². The normalized spacial score (nSPS) is 11.5. The van der Waals surface area contributed by atoms with Crippen LogP contribution in [0.4, 0.5) is 0 Å². The van der Waals surface area contributed by atoms with Crippen molar-refractivity contribution in [1.82, 2.24) is 0 Å². The van der Waals surface area contributed by atoms with Gasteiger partial charge < -0.3 is 0 Å². The van der Waals surface area contributed by atoms with Crippen LogP contribution in [0.2, 0.25) is 0 Å². The molecule has 0 heterocycles. The van der Waals surface area contributed by atoms with E-state index in [1.165, 1.54) is 0 Å². The molecule has 0 amide bonds. The highest BCUT2D eigenvalue weighted by atomic mass is 32.2. The molecule has 0 aliphatic rings. The van der Waals surface area contributed by atoms with E-state index in [0.29, 0.717) is 23.3 Å². The van der Waals surface area contributed by atoms with E-state index in [-0.39, 0.29) is 11.5 Å².